The molecular weight excluding hydrogens is 412 g/mol. The number of ether oxygens (including phenoxy) is 1. The third kappa shape index (κ3) is 11.7. The Kier molecular flexibility index (Phi) is 12.3. The van der Waals surface area contributed by atoms with E-state index in [2.05, 4.69) is 14.8 Å². The molecule has 0 aliphatic heterocycles. The monoisotopic (exact) mass is 442 g/mol. The van der Waals surface area contributed by atoms with Gasteiger partial charge in [0.05, 0.1) is 7.11 Å². The van der Waals surface area contributed by atoms with E-state index < -0.39 is 16.1 Å². The number of unbranched alkanes of at least 4 members (excludes halogenated alkanes) is 2. The minimum Gasteiger partial charge on any atom is -0.469 e. The lowest BCUT2D eigenvalue weighted by molar-refractivity contribution is -0.140. The molecule has 0 spiro atoms. The Morgan fingerprint density at radius 3 is 2.55 bits per heavy atom. The number of benzene rings is 1. The molecule has 1 rings (SSSR count). The first-order chi connectivity index (χ1) is 13.9. The number of amides is 1. The normalized spacial score (nSPS) is 12.6. The molecule has 0 aromatic heterocycles. The van der Waals surface area contributed by atoms with Crippen LogP contribution in [0.25, 0.3) is 6.08 Å². The zero-order valence-corrected chi connectivity index (χ0v) is 18.6. The molecular formula is C20H30N2O5S2. The third-order valence-corrected chi connectivity index (χ3v) is 5.81. The van der Waals surface area contributed by atoms with E-state index in [4.69, 9.17) is 0 Å². The van der Waals surface area contributed by atoms with Gasteiger partial charge in [0.15, 0.2) is 0 Å². The van der Waals surface area contributed by atoms with E-state index in [0.29, 0.717) is 38.0 Å². The number of carbonyl (C=O) groups is 2. The smallest absolute Gasteiger partial charge is 0.305 e. The average Bonchev–Trinajstić information content (AvgIpc) is 2.72. The van der Waals surface area contributed by atoms with E-state index in [1.54, 1.807) is 23.9 Å². The van der Waals surface area contributed by atoms with Crippen LogP contribution in [0.15, 0.2) is 35.7 Å². The molecule has 162 valence electrons. The highest BCUT2D eigenvalue weighted by Gasteiger charge is 2.22. The molecule has 1 unspecified atom stereocenters. The first-order valence-electron chi connectivity index (χ1n) is 9.47. The molecule has 0 fully saturated rings. The lowest BCUT2D eigenvalue weighted by Gasteiger charge is -2.17. The SMILES string of the molecule is COC(=O)CCCCCNC(=O)C(CCSC)NS(=O)(=O)/C=C/c1ccccc1. The summed E-state index contributed by atoms with van der Waals surface area (Å²) in [7, 11) is -2.40. The Morgan fingerprint density at radius 1 is 1.17 bits per heavy atom. The molecule has 0 heterocycles. The number of carbonyl (C=O) groups excluding carboxylic acids is 2. The number of nitrogens with one attached hydrogen (secondary N) is 2. The van der Waals surface area contributed by atoms with Gasteiger partial charge in [-0.25, -0.2) is 8.42 Å². The first kappa shape index (κ1) is 25.2. The Labute approximate surface area is 177 Å². The van der Waals surface area contributed by atoms with Crippen molar-refractivity contribution in [3.63, 3.8) is 0 Å². The van der Waals surface area contributed by atoms with E-state index in [-0.39, 0.29) is 11.9 Å². The average molecular weight is 443 g/mol. The molecule has 0 saturated carbocycles. The van der Waals surface area contributed by atoms with Crippen LogP contribution >= 0.6 is 11.8 Å². The molecule has 2 N–H and O–H groups in total. The van der Waals surface area contributed by atoms with Crippen molar-refractivity contribution in [2.24, 2.45) is 0 Å². The number of hydrogen-bond donors (Lipinski definition) is 2. The maximum atomic E-state index is 12.4. The van der Waals surface area contributed by atoms with Crippen LogP contribution in [0.2, 0.25) is 0 Å². The van der Waals surface area contributed by atoms with Crippen molar-refractivity contribution in [3.05, 3.63) is 41.3 Å². The van der Waals surface area contributed by atoms with Gasteiger partial charge in [0, 0.05) is 18.4 Å². The second-order valence-corrected chi connectivity index (χ2v) is 8.97. The van der Waals surface area contributed by atoms with E-state index in [0.717, 1.165) is 17.4 Å². The number of esters is 1. The summed E-state index contributed by atoms with van der Waals surface area (Å²) < 4.78 is 31.8. The molecule has 9 heteroatoms. The summed E-state index contributed by atoms with van der Waals surface area (Å²) in [5.41, 5.74) is 0.759. The lowest BCUT2D eigenvalue weighted by atomic mass is 10.2. The number of sulfonamides is 1. The van der Waals surface area contributed by atoms with Crippen LogP contribution in [0.5, 0.6) is 0 Å². The molecule has 0 bridgehead atoms. The molecule has 1 amide bonds. The van der Waals surface area contributed by atoms with Crippen molar-refractivity contribution in [2.75, 3.05) is 25.7 Å². The molecule has 29 heavy (non-hydrogen) atoms. The highest BCUT2D eigenvalue weighted by molar-refractivity contribution is 7.98. The number of methoxy groups -OCH3 is 1. The topological polar surface area (TPSA) is 102 Å². The van der Waals surface area contributed by atoms with Crippen molar-refractivity contribution in [1.82, 2.24) is 10.0 Å². The second-order valence-electron chi connectivity index (χ2n) is 6.39. The van der Waals surface area contributed by atoms with Gasteiger partial charge in [-0.3, -0.25) is 9.59 Å². The van der Waals surface area contributed by atoms with Gasteiger partial charge in [0.25, 0.3) is 0 Å². The van der Waals surface area contributed by atoms with Crippen molar-refractivity contribution in [1.29, 1.82) is 0 Å². The fourth-order valence-electron chi connectivity index (χ4n) is 2.46. The second kappa shape index (κ2) is 14.2. The molecule has 0 saturated heterocycles. The third-order valence-electron chi connectivity index (χ3n) is 4.06. The molecule has 0 aliphatic rings. The van der Waals surface area contributed by atoms with Crippen molar-refractivity contribution >= 4 is 39.7 Å². The van der Waals surface area contributed by atoms with Crippen LogP contribution < -0.4 is 10.0 Å². The molecule has 1 aromatic carbocycles. The predicted octanol–water partition coefficient (Wildman–Crippen LogP) is 2.55. The van der Waals surface area contributed by atoms with Gasteiger partial charge >= 0.3 is 5.97 Å². The van der Waals surface area contributed by atoms with Gasteiger partial charge in [-0.05, 0) is 42.9 Å². The summed E-state index contributed by atoms with van der Waals surface area (Å²) >= 11 is 1.55. The van der Waals surface area contributed by atoms with Crippen LogP contribution in [0, 0.1) is 0 Å². The largest absolute Gasteiger partial charge is 0.469 e. The zero-order valence-electron chi connectivity index (χ0n) is 16.9. The maximum absolute atomic E-state index is 12.4. The first-order valence-corrected chi connectivity index (χ1v) is 12.4. The fraction of sp³-hybridized carbons (Fsp3) is 0.500. The quantitative estimate of drug-likeness (QED) is 0.339. The van der Waals surface area contributed by atoms with Crippen molar-refractivity contribution in [3.8, 4) is 0 Å². The summed E-state index contributed by atoms with van der Waals surface area (Å²) in [6, 6.07) is 8.25. The van der Waals surface area contributed by atoms with Gasteiger partial charge in [-0.15, -0.1) is 0 Å². The van der Waals surface area contributed by atoms with Gasteiger partial charge in [0.1, 0.15) is 6.04 Å². The van der Waals surface area contributed by atoms with E-state index >= 15 is 0 Å². The molecule has 0 aliphatic carbocycles. The fourth-order valence-corrected chi connectivity index (χ4v) is 3.96. The standard InChI is InChI=1S/C20H30N2O5S2/c1-27-19(23)11-7-4-8-14-21-20(24)18(12-15-28-2)22-29(25,26)16-13-17-9-5-3-6-10-17/h3,5-6,9-10,13,16,18,22H,4,7-8,11-12,14-15H2,1-2H3,(H,21,24)/b16-13+. The lowest BCUT2D eigenvalue weighted by Crippen LogP contribution is -2.46. The van der Waals surface area contributed by atoms with Crippen LogP contribution in [0.4, 0.5) is 0 Å². The van der Waals surface area contributed by atoms with Gasteiger partial charge in [-0.1, -0.05) is 36.8 Å². The molecule has 7 nitrogen and oxygen atoms in total. The molecule has 0 radical (unpaired) electrons. The Morgan fingerprint density at radius 2 is 1.90 bits per heavy atom. The molecule has 1 aromatic rings. The van der Waals surface area contributed by atoms with Gasteiger partial charge in [0.2, 0.25) is 15.9 Å². The zero-order chi connectivity index (χ0) is 21.5. The van der Waals surface area contributed by atoms with E-state index in [1.165, 1.54) is 13.2 Å². The van der Waals surface area contributed by atoms with Crippen LogP contribution in [0.3, 0.4) is 0 Å². The minimum absolute atomic E-state index is 0.246. The summed E-state index contributed by atoms with van der Waals surface area (Å²) in [5.74, 6) is 0.0649. The Bertz CT molecular complexity index is 751. The maximum Gasteiger partial charge on any atom is 0.305 e. The Balaban J connectivity index is 2.53. The van der Waals surface area contributed by atoms with Crippen LogP contribution in [-0.2, 0) is 24.3 Å². The van der Waals surface area contributed by atoms with Crippen LogP contribution in [-0.4, -0.2) is 52.0 Å². The number of rotatable bonds is 14. The van der Waals surface area contributed by atoms with Crippen molar-refractivity contribution < 1.29 is 22.7 Å². The number of thioether (sulfide) groups is 1. The summed E-state index contributed by atoms with van der Waals surface area (Å²) in [4.78, 5) is 23.5. The Hall–Kier alpha value is -1.84. The van der Waals surface area contributed by atoms with Crippen LogP contribution in [0.1, 0.15) is 37.7 Å². The highest BCUT2D eigenvalue weighted by Crippen LogP contribution is 2.07. The summed E-state index contributed by atoms with van der Waals surface area (Å²) in [6.07, 6.45) is 6.32. The van der Waals surface area contributed by atoms with Crippen molar-refractivity contribution in [2.45, 2.75) is 38.1 Å². The predicted molar refractivity (Wildman–Crippen MR) is 118 cm³/mol. The minimum atomic E-state index is -3.76. The van der Waals surface area contributed by atoms with Gasteiger partial charge < -0.3 is 10.1 Å². The highest BCUT2D eigenvalue weighted by atomic mass is 32.2. The molecule has 1 atom stereocenters. The van der Waals surface area contributed by atoms with E-state index in [9.17, 15) is 18.0 Å². The number of hydrogen-bond acceptors (Lipinski definition) is 6. The summed E-state index contributed by atoms with van der Waals surface area (Å²) in [5, 5.41) is 3.85. The van der Waals surface area contributed by atoms with Gasteiger partial charge in [-0.2, -0.15) is 16.5 Å². The summed E-state index contributed by atoms with van der Waals surface area (Å²) in [6.45, 7) is 0.428. The van der Waals surface area contributed by atoms with E-state index in [1.807, 2.05) is 24.5 Å².